The molecule has 0 radical (unpaired) electrons. The molecule has 0 fully saturated rings. The second-order valence-electron chi connectivity index (χ2n) is 3.89. The summed E-state index contributed by atoms with van der Waals surface area (Å²) in [6, 6.07) is 6.11. The molecule has 0 aliphatic rings. The van der Waals surface area contributed by atoms with Crippen molar-refractivity contribution in [2.24, 2.45) is 0 Å². The second kappa shape index (κ2) is 8.40. The van der Waals surface area contributed by atoms with E-state index in [1.54, 1.807) is 0 Å². The summed E-state index contributed by atoms with van der Waals surface area (Å²) in [7, 11) is 0. The summed E-state index contributed by atoms with van der Waals surface area (Å²) in [5, 5.41) is 0. The van der Waals surface area contributed by atoms with Crippen LogP contribution in [0.5, 0.6) is 11.5 Å². The average Bonchev–Trinajstić information content (AvgIpc) is 2.40. The van der Waals surface area contributed by atoms with E-state index in [2.05, 4.69) is 19.1 Å². The quantitative estimate of drug-likeness (QED) is 0.673. The van der Waals surface area contributed by atoms with Gasteiger partial charge in [0.15, 0.2) is 11.5 Å². The van der Waals surface area contributed by atoms with Gasteiger partial charge in [0.25, 0.3) is 0 Å². The highest BCUT2D eigenvalue weighted by Gasteiger charge is 2.05. The molecule has 1 rings (SSSR count). The van der Waals surface area contributed by atoms with E-state index < -0.39 is 0 Å². The van der Waals surface area contributed by atoms with Crippen molar-refractivity contribution in [3.05, 3.63) is 48.1 Å². The molecule has 0 amide bonds. The minimum atomic E-state index is 0.571. The molecular weight excluding hydrogens is 224 g/mol. The number of allylic oxidation sites excluding steroid dienone is 2. The van der Waals surface area contributed by atoms with Crippen molar-refractivity contribution >= 4 is 0 Å². The van der Waals surface area contributed by atoms with Crippen LogP contribution in [0.2, 0.25) is 0 Å². The van der Waals surface area contributed by atoms with Gasteiger partial charge in [-0.1, -0.05) is 37.3 Å². The number of ether oxygens (including phenoxy) is 2. The van der Waals surface area contributed by atoms with Gasteiger partial charge in [-0.2, -0.15) is 0 Å². The SMILES string of the molecule is CC=CCOc1ccc(CC)cc1OCC=CC. The van der Waals surface area contributed by atoms with Crippen LogP contribution in [0.15, 0.2) is 42.5 Å². The first-order valence-corrected chi connectivity index (χ1v) is 6.42. The summed E-state index contributed by atoms with van der Waals surface area (Å²) < 4.78 is 11.4. The van der Waals surface area contributed by atoms with Crippen LogP contribution in [-0.4, -0.2) is 13.2 Å². The normalized spacial score (nSPS) is 11.3. The molecule has 0 saturated carbocycles. The third-order valence-electron chi connectivity index (χ3n) is 2.56. The summed E-state index contributed by atoms with van der Waals surface area (Å²) >= 11 is 0. The molecule has 0 N–H and O–H groups in total. The smallest absolute Gasteiger partial charge is 0.161 e. The molecular formula is C16H22O2. The van der Waals surface area contributed by atoms with E-state index in [-0.39, 0.29) is 0 Å². The minimum Gasteiger partial charge on any atom is -0.486 e. The summed E-state index contributed by atoms with van der Waals surface area (Å²) in [5.41, 5.74) is 1.25. The second-order valence-corrected chi connectivity index (χ2v) is 3.89. The van der Waals surface area contributed by atoms with Crippen LogP contribution in [0.4, 0.5) is 0 Å². The van der Waals surface area contributed by atoms with Gasteiger partial charge in [-0.3, -0.25) is 0 Å². The van der Waals surface area contributed by atoms with Crippen molar-refractivity contribution in [2.75, 3.05) is 13.2 Å². The van der Waals surface area contributed by atoms with E-state index in [4.69, 9.17) is 9.47 Å². The highest BCUT2D eigenvalue weighted by atomic mass is 16.5. The fourth-order valence-corrected chi connectivity index (χ4v) is 1.47. The van der Waals surface area contributed by atoms with Gasteiger partial charge in [0.1, 0.15) is 13.2 Å². The molecule has 98 valence electrons. The van der Waals surface area contributed by atoms with Gasteiger partial charge < -0.3 is 9.47 Å². The number of aryl methyl sites for hydroxylation is 1. The Hall–Kier alpha value is -1.70. The zero-order chi connectivity index (χ0) is 13.2. The predicted molar refractivity (Wildman–Crippen MR) is 76.4 cm³/mol. The Bertz CT molecular complexity index is 406. The molecule has 2 nitrogen and oxygen atoms in total. The Balaban J connectivity index is 2.78. The lowest BCUT2D eigenvalue weighted by Gasteiger charge is -2.12. The molecule has 0 spiro atoms. The van der Waals surface area contributed by atoms with E-state index in [9.17, 15) is 0 Å². The van der Waals surface area contributed by atoms with Gasteiger partial charge in [-0.05, 0) is 38.0 Å². The molecule has 18 heavy (non-hydrogen) atoms. The highest BCUT2D eigenvalue weighted by molar-refractivity contribution is 5.43. The van der Waals surface area contributed by atoms with Crippen LogP contribution in [-0.2, 0) is 6.42 Å². The average molecular weight is 246 g/mol. The number of rotatable bonds is 7. The number of benzene rings is 1. The molecule has 0 bridgehead atoms. The standard InChI is InChI=1S/C16H22O2/c1-4-7-11-17-15-10-9-14(6-3)13-16(15)18-12-8-5-2/h4-5,7-10,13H,6,11-12H2,1-3H3. The van der Waals surface area contributed by atoms with Crippen molar-refractivity contribution in [3.8, 4) is 11.5 Å². The Kier molecular flexibility index (Phi) is 6.70. The maximum atomic E-state index is 5.71. The molecule has 0 atom stereocenters. The fourth-order valence-electron chi connectivity index (χ4n) is 1.47. The van der Waals surface area contributed by atoms with Crippen molar-refractivity contribution in [1.29, 1.82) is 0 Å². The first kappa shape index (κ1) is 14.4. The van der Waals surface area contributed by atoms with E-state index >= 15 is 0 Å². The third kappa shape index (κ3) is 4.66. The lowest BCUT2D eigenvalue weighted by atomic mass is 10.1. The molecule has 0 heterocycles. The Morgan fingerprint density at radius 1 is 0.944 bits per heavy atom. The molecule has 0 unspecified atom stereocenters. The lowest BCUT2D eigenvalue weighted by molar-refractivity contribution is 0.307. The zero-order valence-electron chi connectivity index (χ0n) is 11.5. The van der Waals surface area contributed by atoms with Crippen LogP contribution in [0.1, 0.15) is 26.3 Å². The largest absolute Gasteiger partial charge is 0.486 e. The molecule has 1 aromatic carbocycles. The first-order chi connectivity index (χ1) is 8.81. The van der Waals surface area contributed by atoms with Crippen molar-refractivity contribution in [2.45, 2.75) is 27.2 Å². The summed E-state index contributed by atoms with van der Waals surface area (Å²) in [4.78, 5) is 0. The van der Waals surface area contributed by atoms with E-state index in [1.807, 2.05) is 44.2 Å². The fraction of sp³-hybridized carbons (Fsp3) is 0.375. The Labute approximate surface area is 110 Å². The molecule has 0 aliphatic carbocycles. The van der Waals surface area contributed by atoms with Crippen LogP contribution in [0.25, 0.3) is 0 Å². The summed E-state index contributed by atoms with van der Waals surface area (Å²) in [6.45, 7) is 7.24. The van der Waals surface area contributed by atoms with Gasteiger partial charge in [-0.15, -0.1) is 0 Å². The van der Waals surface area contributed by atoms with Crippen LogP contribution < -0.4 is 9.47 Å². The zero-order valence-corrected chi connectivity index (χ0v) is 11.5. The van der Waals surface area contributed by atoms with E-state index in [0.717, 1.165) is 17.9 Å². The molecule has 0 aromatic heterocycles. The molecule has 0 aliphatic heterocycles. The van der Waals surface area contributed by atoms with E-state index in [0.29, 0.717) is 13.2 Å². The van der Waals surface area contributed by atoms with Crippen molar-refractivity contribution in [1.82, 2.24) is 0 Å². The van der Waals surface area contributed by atoms with Crippen molar-refractivity contribution in [3.63, 3.8) is 0 Å². The van der Waals surface area contributed by atoms with Crippen molar-refractivity contribution < 1.29 is 9.47 Å². The number of hydrogen-bond donors (Lipinski definition) is 0. The van der Waals surface area contributed by atoms with Gasteiger partial charge in [0, 0.05) is 0 Å². The molecule has 1 aromatic rings. The number of hydrogen-bond acceptors (Lipinski definition) is 2. The van der Waals surface area contributed by atoms with Gasteiger partial charge >= 0.3 is 0 Å². The third-order valence-corrected chi connectivity index (χ3v) is 2.56. The molecule has 2 heteroatoms. The van der Waals surface area contributed by atoms with Crippen LogP contribution >= 0.6 is 0 Å². The van der Waals surface area contributed by atoms with Gasteiger partial charge in [-0.25, -0.2) is 0 Å². The molecule has 0 saturated heterocycles. The highest BCUT2D eigenvalue weighted by Crippen LogP contribution is 2.28. The predicted octanol–water partition coefficient (Wildman–Crippen LogP) is 4.16. The Morgan fingerprint density at radius 2 is 1.56 bits per heavy atom. The monoisotopic (exact) mass is 246 g/mol. The van der Waals surface area contributed by atoms with Crippen LogP contribution in [0, 0.1) is 0 Å². The minimum absolute atomic E-state index is 0.571. The van der Waals surface area contributed by atoms with Gasteiger partial charge in [0.2, 0.25) is 0 Å². The Morgan fingerprint density at radius 3 is 2.11 bits per heavy atom. The maximum Gasteiger partial charge on any atom is 0.161 e. The summed E-state index contributed by atoms with van der Waals surface area (Å²) in [6.07, 6.45) is 8.90. The first-order valence-electron chi connectivity index (χ1n) is 6.42. The maximum absolute atomic E-state index is 5.71. The summed E-state index contributed by atoms with van der Waals surface area (Å²) in [5.74, 6) is 1.62. The van der Waals surface area contributed by atoms with E-state index in [1.165, 1.54) is 5.56 Å². The van der Waals surface area contributed by atoms with Gasteiger partial charge in [0.05, 0.1) is 0 Å². The lowest BCUT2D eigenvalue weighted by Crippen LogP contribution is -2.00. The van der Waals surface area contributed by atoms with Crippen LogP contribution in [0.3, 0.4) is 0 Å². The topological polar surface area (TPSA) is 18.5 Å².